The molecule has 1 atom stereocenters. The lowest BCUT2D eigenvalue weighted by molar-refractivity contribution is 0.616. The van der Waals surface area contributed by atoms with E-state index in [0.29, 0.717) is 0 Å². The smallest absolute Gasteiger partial charge is 0.131 e. The molecule has 0 saturated heterocycles. The van der Waals surface area contributed by atoms with Gasteiger partial charge in [-0.2, -0.15) is 0 Å². The van der Waals surface area contributed by atoms with Gasteiger partial charge in [0.2, 0.25) is 0 Å². The van der Waals surface area contributed by atoms with E-state index in [0.717, 1.165) is 28.1 Å². The Balaban J connectivity index is 2.26. The first-order chi connectivity index (χ1) is 7.72. The predicted octanol–water partition coefficient (Wildman–Crippen LogP) is 3.17. The van der Waals surface area contributed by atoms with Gasteiger partial charge in [0, 0.05) is 33.7 Å². The average molecular weight is 300 g/mol. The highest BCUT2D eigenvalue weighted by molar-refractivity contribution is 9.10. The van der Waals surface area contributed by atoms with Gasteiger partial charge in [0.25, 0.3) is 0 Å². The predicted molar refractivity (Wildman–Crippen MR) is 70.6 cm³/mol. The minimum absolute atomic E-state index is 0.127. The van der Waals surface area contributed by atoms with E-state index in [-0.39, 0.29) is 6.04 Å². The Morgan fingerprint density at radius 3 is 3.06 bits per heavy atom. The fraction of sp³-hybridized carbons (Fsp3) is 0.364. The van der Waals surface area contributed by atoms with Crippen molar-refractivity contribution < 1.29 is 0 Å². The van der Waals surface area contributed by atoms with Crippen LogP contribution in [0.25, 0.3) is 0 Å². The summed E-state index contributed by atoms with van der Waals surface area (Å²) in [6, 6.07) is 1.93. The van der Waals surface area contributed by atoms with Gasteiger partial charge < -0.3 is 10.3 Å². The number of aryl methyl sites for hydroxylation is 1. The van der Waals surface area contributed by atoms with Crippen LogP contribution in [0.5, 0.6) is 0 Å². The minimum Gasteiger partial charge on any atom is -0.333 e. The highest BCUT2D eigenvalue weighted by Crippen LogP contribution is 2.27. The second-order valence-corrected chi connectivity index (χ2v) is 5.48. The summed E-state index contributed by atoms with van der Waals surface area (Å²) in [5, 5.41) is 2.04. The van der Waals surface area contributed by atoms with Gasteiger partial charge in [-0.15, -0.1) is 11.3 Å². The van der Waals surface area contributed by atoms with Crippen molar-refractivity contribution in [3.8, 4) is 0 Å². The largest absolute Gasteiger partial charge is 0.333 e. The number of nitrogens with zero attached hydrogens (tertiary/aromatic N) is 2. The zero-order valence-electron chi connectivity index (χ0n) is 9.06. The lowest BCUT2D eigenvalue weighted by Crippen LogP contribution is -2.16. The van der Waals surface area contributed by atoms with Gasteiger partial charge in [-0.05, 0) is 28.4 Å². The van der Waals surface area contributed by atoms with E-state index in [4.69, 9.17) is 5.73 Å². The molecule has 2 aromatic rings. The molecule has 16 heavy (non-hydrogen) atoms. The van der Waals surface area contributed by atoms with Gasteiger partial charge in [0.15, 0.2) is 0 Å². The van der Waals surface area contributed by atoms with E-state index in [9.17, 15) is 0 Å². The Morgan fingerprint density at radius 2 is 2.44 bits per heavy atom. The van der Waals surface area contributed by atoms with Crippen LogP contribution in [-0.2, 0) is 6.54 Å². The van der Waals surface area contributed by atoms with Gasteiger partial charge in [0.1, 0.15) is 5.82 Å². The van der Waals surface area contributed by atoms with Crippen LogP contribution in [0.15, 0.2) is 28.3 Å². The number of hydrogen-bond acceptors (Lipinski definition) is 3. The summed E-state index contributed by atoms with van der Waals surface area (Å²) in [6.45, 7) is 3.12. The molecule has 1 unspecified atom stereocenters. The van der Waals surface area contributed by atoms with Crippen LogP contribution in [0.4, 0.5) is 0 Å². The van der Waals surface area contributed by atoms with E-state index in [1.807, 2.05) is 17.8 Å². The number of imidazole rings is 1. The first-order valence-corrected chi connectivity index (χ1v) is 6.90. The molecule has 5 heteroatoms. The molecule has 2 aromatic heterocycles. The van der Waals surface area contributed by atoms with Crippen molar-refractivity contribution in [3.63, 3.8) is 0 Å². The van der Waals surface area contributed by atoms with Crippen LogP contribution in [0.2, 0.25) is 0 Å². The molecular formula is C11H14BrN3S. The number of halogens is 1. The maximum atomic E-state index is 6.21. The quantitative estimate of drug-likeness (QED) is 0.942. The lowest BCUT2D eigenvalue weighted by Gasteiger charge is -2.11. The van der Waals surface area contributed by atoms with Crippen molar-refractivity contribution in [2.75, 3.05) is 0 Å². The zero-order chi connectivity index (χ0) is 11.5. The second kappa shape index (κ2) is 5.12. The monoisotopic (exact) mass is 299 g/mol. The third-order valence-electron chi connectivity index (χ3n) is 2.38. The zero-order valence-corrected chi connectivity index (χ0v) is 11.5. The summed E-state index contributed by atoms with van der Waals surface area (Å²) in [7, 11) is 0. The molecule has 0 spiro atoms. The summed E-state index contributed by atoms with van der Waals surface area (Å²) in [6.07, 6.45) is 4.89. The molecule has 0 radical (unpaired) electrons. The van der Waals surface area contributed by atoms with Gasteiger partial charge >= 0.3 is 0 Å². The first-order valence-electron chi connectivity index (χ1n) is 5.23. The molecule has 0 aliphatic rings. The van der Waals surface area contributed by atoms with Crippen molar-refractivity contribution in [1.29, 1.82) is 0 Å². The molecule has 3 nitrogen and oxygen atoms in total. The molecule has 0 fully saturated rings. The summed E-state index contributed by atoms with van der Waals surface area (Å²) < 4.78 is 3.20. The fourth-order valence-corrected chi connectivity index (χ4v) is 3.09. The number of nitrogens with two attached hydrogens (primary N) is 1. The first kappa shape index (κ1) is 11.8. The molecule has 0 amide bonds. The van der Waals surface area contributed by atoms with Crippen molar-refractivity contribution in [3.05, 3.63) is 39.0 Å². The van der Waals surface area contributed by atoms with E-state index >= 15 is 0 Å². The number of thiophene rings is 1. The minimum atomic E-state index is -0.127. The molecule has 0 aliphatic carbocycles. The summed E-state index contributed by atoms with van der Waals surface area (Å²) in [4.78, 5) is 5.48. The Labute approximate surface area is 107 Å². The van der Waals surface area contributed by atoms with Crippen molar-refractivity contribution in [1.82, 2.24) is 9.55 Å². The molecule has 2 N–H and O–H groups in total. The third-order valence-corrected chi connectivity index (χ3v) is 4.16. The average Bonchev–Trinajstić information content (AvgIpc) is 2.87. The molecule has 0 aliphatic heterocycles. The van der Waals surface area contributed by atoms with E-state index in [2.05, 4.69) is 38.5 Å². The summed E-state index contributed by atoms with van der Waals surface area (Å²) >= 11 is 5.10. The van der Waals surface area contributed by atoms with E-state index in [1.54, 1.807) is 11.3 Å². The maximum Gasteiger partial charge on any atom is 0.131 e. The number of rotatable bonds is 4. The molecule has 2 rings (SSSR count). The molecule has 0 bridgehead atoms. The van der Waals surface area contributed by atoms with Gasteiger partial charge in [-0.25, -0.2) is 4.98 Å². The van der Waals surface area contributed by atoms with E-state index in [1.165, 1.54) is 0 Å². The molecule has 2 heterocycles. The summed E-state index contributed by atoms with van der Waals surface area (Å²) in [5.74, 6) is 0.941. The SMILES string of the molecule is CCCn1ccnc1C(N)c1cc(Br)cs1. The van der Waals surface area contributed by atoms with Crippen molar-refractivity contribution in [2.24, 2.45) is 5.73 Å². The molecule has 0 aromatic carbocycles. The van der Waals surface area contributed by atoms with Crippen LogP contribution >= 0.6 is 27.3 Å². The highest BCUT2D eigenvalue weighted by atomic mass is 79.9. The third kappa shape index (κ3) is 2.36. The number of hydrogen-bond donors (Lipinski definition) is 1. The van der Waals surface area contributed by atoms with E-state index < -0.39 is 0 Å². The standard InChI is InChI=1S/C11H14BrN3S/c1-2-4-15-5-3-14-11(15)10(13)9-6-8(12)7-16-9/h3,5-7,10H,2,4,13H2,1H3. The molecule has 86 valence electrons. The second-order valence-electron chi connectivity index (χ2n) is 3.62. The van der Waals surface area contributed by atoms with Crippen LogP contribution in [0.1, 0.15) is 30.1 Å². The van der Waals surface area contributed by atoms with Crippen LogP contribution in [-0.4, -0.2) is 9.55 Å². The Hall–Kier alpha value is -0.650. The summed E-state index contributed by atoms with van der Waals surface area (Å²) in [5.41, 5.74) is 6.21. The molecular weight excluding hydrogens is 286 g/mol. The van der Waals surface area contributed by atoms with Crippen LogP contribution in [0.3, 0.4) is 0 Å². The lowest BCUT2D eigenvalue weighted by atomic mass is 10.2. The van der Waals surface area contributed by atoms with Gasteiger partial charge in [-0.1, -0.05) is 6.92 Å². The maximum absolute atomic E-state index is 6.21. The van der Waals surface area contributed by atoms with Gasteiger partial charge in [0.05, 0.1) is 6.04 Å². The van der Waals surface area contributed by atoms with Crippen molar-refractivity contribution in [2.45, 2.75) is 25.9 Å². The van der Waals surface area contributed by atoms with Crippen LogP contribution < -0.4 is 5.73 Å². The van der Waals surface area contributed by atoms with Crippen molar-refractivity contribution >= 4 is 27.3 Å². The highest BCUT2D eigenvalue weighted by Gasteiger charge is 2.15. The Bertz CT molecular complexity index is 463. The fourth-order valence-electron chi connectivity index (χ4n) is 1.65. The van der Waals surface area contributed by atoms with Gasteiger partial charge in [-0.3, -0.25) is 0 Å². The topological polar surface area (TPSA) is 43.8 Å². The Morgan fingerprint density at radius 1 is 1.62 bits per heavy atom. The van der Waals surface area contributed by atoms with Crippen LogP contribution in [0, 0.1) is 0 Å². The normalized spacial score (nSPS) is 12.9. The number of aromatic nitrogens is 2. The molecule has 0 saturated carbocycles. The Kier molecular flexibility index (Phi) is 3.78.